The van der Waals surface area contributed by atoms with Gasteiger partial charge >= 0.3 is 0 Å². The minimum atomic E-state index is -0.0819. The van der Waals surface area contributed by atoms with Crippen molar-refractivity contribution in [1.29, 1.82) is 0 Å². The van der Waals surface area contributed by atoms with Crippen LogP contribution in [0.3, 0.4) is 0 Å². The molecule has 1 aliphatic rings. The first-order valence-corrected chi connectivity index (χ1v) is 12.1. The average Bonchev–Trinajstić information content (AvgIpc) is 3.36. The zero-order valence-corrected chi connectivity index (χ0v) is 19.8. The van der Waals surface area contributed by atoms with Gasteiger partial charge in [-0.3, -0.25) is 0 Å². The van der Waals surface area contributed by atoms with Crippen LogP contribution in [0, 0.1) is 0 Å². The van der Waals surface area contributed by atoms with Crippen molar-refractivity contribution in [3.63, 3.8) is 0 Å². The number of hydrogen-bond donors (Lipinski definition) is 1. The van der Waals surface area contributed by atoms with E-state index in [9.17, 15) is 0 Å². The van der Waals surface area contributed by atoms with E-state index >= 15 is 0 Å². The van der Waals surface area contributed by atoms with E-state index in [4.69, 9.17) is 4.42 Å². The summed E-state index contributed by atoms with van der Waals surface area (Å²) in [6.45, 7) is 4.67. The molecule has 0 fully saturated rings. The van der Waals surface area contributed by atoms with Gasteiger partial charge in [-0.15, -0.1) is 0 Å². The molecule has 2 nitrogen and oxygen atoms in total. The van der Waals surface area contributed by atoms with Crippen LogP contribution in [0.5, 0.6) is 0 Å². The molecule has 0 atom stereocenters. The summed E-state index contributed by atoms with van der Waals surface area (Å²) in [6.07, 6.45) is 0. The van der Waals surface area contributed by atoms with Crippen LogP contribution in [0.2, 0.25) is 0 Å². The van der Waals surface area contributed by atoms with Crippen molar-refractivity contribution >= 4 is 33.3 Å². The Kier molecular flexibility index (Phi) is 4.22. The van der Waals surface area contributed by atoms with Crippen molar-refractivity contribution in [2.45, 2.75) is 19.3 Å². The fraction of sp³-hybridized carbons (Fsp3) is 0.0909. The Hall–Kier alpha value is -4.30. The van der Waals surface area contributed by atoms with Crippen molar-refractivity contribution in [3.8, 4) is 22.3 Å². The van der Waals surface area contributed by atoms with Crippen LogP contribution in [0.25, 0.3) is 44.2 Å². The number of anilines is 2. The van der Waals surface area contributed by atoms with Gasteiger partial charge in [-0.05, 0) is 81.9 Å². The lowest BCUT2D eigenvalue weighted by molar-refractivity contribution is 0.661. The van der Waals surface area contributed by atoms with E-state index in [1.165, 1.54) is 33.4 Å². The third kappa shape index (κ3) is 3.10. The van der Waals surface area contributed by atoms with E-state index in [0.29, 0.717) is 0 Å². The largest absolute Gasteiger partial charge is 0.456 e. The van der Waals surface area contributed by atoms with Gasteiger partial charge in [0, 0.05) is 27.6 Å². The maximum Gasteiger partial charge on any atom is 0.135 e. The molecule has 2 heteroatoms. The first-order chi connectivity index (χ1) is 17.1. The van der Waals surface area contributed by atoms with E-state index in [2.05, 4.69) is 110 Å². The molecule has 1 N–H and O–H groups in total. The number of hydrogen-bond acceptors (Lipinski definition) is 2. The summed E-state index contributed by atoms with van der Waals surface area (Å²) in [5.41, 5.74) is 11.8. The molecular formula is C33H25NO. The fourth-order valence-electron chi connectivity index (χ4n) is 5.59. The molecule has 6 aromatic rings. The summed E-state index contributed by atoms with van der Waals surface area (Å²) < 4.78 is 6.04. The minimum Gasteiger partial charge on any atom is -0.456 e. The second-order valence-electron chi connectivity index (χ2n) is 9.95. The van der Waals surface area contributed by atoms with Gasteiger partial charge in [0.25, 0.3) is 0 Å². The fourth-order valence-corrected chi connectivity index (χ4v) is 5.59. The number of para-hydroxylation sites is 2. The lowest BCUT2D eigenvalue weighted by atomic mass is 9.81. The van der Waals surface area contributed by atoms with Crippen LogP contribution in [0.1, 0.15) is 25.0 Å². The summed E-state index contributed by atoms with van der Waals surface area (Å²) in [4.78, 5) is 0. The predicted molar refractivity (Wildman–Crippen MR) is 146 cm³/mol. The molecule has 0 saturated heterocycles. The molecule has 5 aromatic carbocycles. The van der Waals surface area contributed by atoms with Crippen LogP contribution >= 0.6 is 0 Å². The smallest absolute Gasteiger partial charge is 0.135 e. The Morgan fingerprint density at radius 1 is 0.543 bits per heavy atom. The molecule has 1 aliphatic carbocycles. The second-order valence-corrected chi connectivity index (χ2v) is 9.95. The number of furan rings is 1. The maximum absolute atomic E-state index is 6.04. The molecule has 0 radical (unpaired) electrons. The average molecular weight is 452 g/mol. The van der Waals surface area contributed by atoms with Gasteiger partial charge < -0.3 is 9.73 Å². The highest BCUT2D eigenvalue weighted by atomic mass is 16.3. The van der Waals surface area contributed by atoms with Crippen molar-refractivity contribution in [1.82, 2.24) is 0 Å². The number of rotatable bonds is 3. The summed E-state index contributed by atoms with van der Waals surface area (Å²) >= 11 is 0. The number of fused-ring (bicyclic) bond motifs is 6. The van der Waals surface area contributed by atoms with Gasteiger partial charge in [-0.1, -0.05) is 74.5 Å². The van der Waals surface area contributed by atoms with Crippen LogP contribution in [0.4, 0.5) is 11.4 Å². The Labute approximate surface area is 204 Å². The molecule has 0 unspecified atom stereocenters. The van der Waals surface area contributed by atoms with Crippen molar-refractivity contribution in [3.05, 3.63) is 120 Å². The summed E-state index contributed by atoms with van der Waals surface area (Å²) in [7, 11) is 0. The molecule has 0 bridgehead atoms. The Balaban J connectivity index is 1.30. The van der Waals surface area contributed by atoms with Crippen LogP contribution in [-0.2, 0) is 5.41 Å². The van der Waals surface area contributed by atoms with Crippen LogP contribution in [-0.4, -0.2) is 0 Å². The molecule has 0 amide bonds. The van der Waals surface area contributed by atoms with Gasteiger partial charge in [0.1, 0.15) is 11.2 Å². The zero-order valence-electron chi connectivity index (χ0n) is 19.8. The molecular weight excluding hydrogens is 426 g/mol. The van der Waals surface area contributed by atoms with E-state index in [-0.39, 0.29) is 5.41 Å². The van der Waals surface area contributed by atoms with E-state index in [1.54, 1.807) is 0 Å². The third-order valence-electron chi connectivity index (χ3n) is 7.45. The van der Waals surface area contributed by atoms with Gasteiger partial charge in [-0.25, -0.2) is 0 Å². The topological polar surface area (TPSA) is 25.2 Å². The molecule has 35 heavy (non-hydrogen) atoms. The van der Waals surface area contributed by atoms with Crippen LogP contribution < -0.4 is 5.32 Å². The Morgan fingerprint density at radius 3 is 2.06 bits per heavy atom. The second kappa shape index (κ2) is 7.35. The number of nitrogens with one attached hydrogen (secondary N) is 1. The lowest BCUT2D eigenvalue weighted by Gasteiger charge is -2.22. The highest BCUT2D eigenvalue weighted by Crippen LogP contribution is 2.50. The van der Waals surface area contributed by atoms with Crippen molar-refractivity contribution in [2.75, 3.05) is 5.32 Å². The van der Waals surface area contributed by atoms with Gasteiger partial charge in [0.15, 0.2) is 0 Å². The van der Waals surface area contributed by atoms with E-state index in [0.717, 1.165) is 33.3 Å². The zero-order chi connectivity index (χ0) is 23.6. The maximum atomic E-state index is 6.04. The van der Waals surface area contributed by atoms with E-state index < -0.39 is 0 Å². The standard InChI is InChI=1S/C33H25NO/c1-33(2)29-19-22(21-13-17-32-28(18-21)27-10-6-7-11-31(27)35-32)12-15-25(29)26-16-14-24(20-30(26)33)34-23-8-4-3-5-9-23/h3-20,34H,1-2H3. The molecule has 0 spiro atoms. The first-order valence-electron chi connectivity index (χ1n) is 12.1. The quantitative estimate of drug-likeness (QED) is 0.290. The molecule has 168 valence electrons. The monoisotopic (exact) mass is 451 g/mol. The van der Waals surface area contributed by atoms with Crippen molar-refractivity contribution in [2.24, 2.45) is 0 Å². The SMILES string of the molecule is CC1(C)c2cc(Nc3ccccc3)ccc2-c2ccc(-c3ccc4oc5ccccc5c4c3)cc21. The van der Waals surface area contributed by atoms with Gasteiger partial charge in [0.05, 0.1) is 0 Å². The predicted octanol–water partition coefficient (Wildman–Crippen LogP) is 9.30. The Morgan fingerprint density at radius 2 is 1.20 bits per heavy atom. The molecule has 7 rings (SSSR count). The number of benzene rings is 5. The normalized spacial score (nSPS) is 13.7. The van der Waals surface area contributed by atoms with E-state index in [1.807, 2.05) is 18.2 Å². The van der Waals surface area contributed by atoms with Crippen LogP contribution in [0.15, 0.2) is 114 Å². The summed E-state index contributed by atoms with van der Waals surface area (Å²) in [5, 5.41) is 5.88. The third-order valence-corrected chi connectivity index (χ3v) is 7.45. The van der Waals surface area contributed by atoms with Gasteiger partial charge in [0.2, 0.25) is 0 Å². The molecule has 0 saturated carbocycles. The van der Waals surface area contributed by atoms with Gasteiger partial charge in [-0.2, -0.15) is 0 Å². The minimum absolute atomic E-state index is 0.0819. The van der Waals surface area contributed by atoms with Crippen molar-refractivity contribution < 1.29 is 4.42 Å². The highest BCUT2D eigenvalue weighted by molar-refractivity contribution is 6.06. The summed E-state index contributed by atoms with van der Waals surface area (Å²) in [5.74, 6) is 0. The Bertz CT molecular complexity index is 1740. The highest BCUT2D eigenvalue weighted by Gasteiger charge is 2.35. The lowest BCUT2D eigenvalue weighted by Crippen LogP contribution is -2.15. The summed E-state index contributed by atoms with van der Waals surface area (Å²) in [6, 6.07) is 38.8. The molecule has 0 aliphatic heterocycles. The molecule has 1 heterocycles. The molecule has 1 aromatic heterocycles. The first kappa shape index (κ1) is 20.1.